The Labute approximate surface area is 190 Å². The van der Waals surface area contributed by atoms with Crippen molar-refractivity contribution in [2.24, 2.45) is 0 Å². The maximum atomic E-state index is 5.07. The van der Waals surface area contributed by atoms with Crippen LogP contribution < -0.4 is 0 Å². The van der Waals surface area contributed by atoms with E-state index in [1.165, 1.54) is 32.3 Å². The fourth-order valence-electron chi connectivity index (χ4n) is 4.90. The van der Waals surface area contributed by atoms with E-state index in [-0.39, 0.29) is 0 Å². The molecule has 0 spiro atoms. The summed E-state index contributed by atoms with van der Waals surface area (Å²) in [7, 11) is 0. The minimum atomic E-state index is 0.956. The predicted octanol–water partition coefficient (Wildman–Crippen LogP) is 8.22. The van der Waals surface area contributed by atoms with Crippen molar-refractivity contribution in [1.29, 1.82) is 0 Å². The zero-order valence-corrected chi connectivity index (χ0v) is 17.9. The Morgan fingerprint density at radius 2 is 0.909 bits per heavy atom. The van der Waals surface area contributed by atoms with Gasteiger partial charge in [-0.25, -0.2) is 4.98 Å². The summed E-state index contributed by atoms with van der Waals surface area (Å²) < 4.78 is 2.28. The molecule has 0 saturated heterocycles. The number of nitrogens with zero attached hydrogens (tertiary/aromatic N) is 2. The van der Waals surface area contributed by atoms with Crippen molar-refractivity contribution < 1.29 is 0 Å². The Hall–Kier alpha value is -4.43. The second kappa shape index (κ2) is 7.04. The standard InChI is InChI=1S/C31H20N2/c1-2-16-30-29(15-1)32-31-27-13-5-11-25(19-27)23-9-3-7-21(17-23)22-8-4-10-24(18-22)26-12-6-14-28(20-26)33(30)31/h1-20H. The summed E-state index contributed by atoms with van der Waals surface area (Å²) in [6, 6.07) is 43.5. The third-order valence-corrected chi connectivity index (χ3v) is 6.51. The van der Waals surface area contributed by atoms with Crippen molar-refractivity contribution in [3.63, 3.8) is 0 Å². The first-order valence-corrected chi connectivity index (χ1v) is 11.2. The summed E-state index contributed by atoms with van der Waals surface area (Å²) in [6.45, 7) is 0. The van der Waals surface area contributed by atoms with Crippen molar-refractivity contribution in [3.05, 3.63) is 121 Å². The zero-order chi connectivity index (χ0) is 21.8. The number of hydrogen-bond donors (Lipinski definition) is 0. The summed E-state index contributed by atoms with van der Waals surface area (Å²) in [4.78, 5) is 5.07. The highest BCUT2D eigenvalue weighted by Gasteiger charge is 2.06. The number of rotatable bonds is 0. The van der Waals surface area contributed by atoms with Crippen molar-refractivity contribution >= 4 is 59.9 Å². The van der Waals surface area contributed by atoms with Crippen LogP contribution in [0.4, 0.5) is 0 Å². The minimum absolute atomic E-state index is 0.956. The van der Waals surface area contributed by atoms with Gasteiger partial charge in [-0.1, -0.05) is 78.9 Å². The van der Waals surface area contributed by atoms with Gasteiger partial charge in [0.05, 0.1) is 11.0 Å². The second-order valence-corrected chi connectivity index (χ2v) is 8.55. The van der Waals surface area contributed by atoms with E-state index in [9.17, 15) is 0 Å². The number of benzene rings is 5. The highest BCUT2D eigenvalue weighted by molar-refractivity contribution is 5.99. The van der Waals surface area contributed by atoms with Gasteiger partial charge in [0.15, 0.2) is 0 Å². The molecular formula is C31H20N2. The van der Waals surface area contributed by atoms with Crippen LogP contribution in [0.25, 0.3) is 59.9 Å². The van der Waals surface area contributed by atoms with Gasteiger partial charge in [-0.15, -0.1) is 0 Å². The Bertz CT molecular complexity index is 1930. The van der Waals surface area contributed by atoms with E-state index in [4.69, 9.17) is 4.98 Å². The maximum Gasteiger partial charge on any atom is 0.145 e. The third-order valence-electron chi connectivity index (χ3n) is 6.51. The van der Waals surface area contributed by atoms with Gasteiger partial charge in [-0.3, -0.25) is 4.40 Å². The summed E-state index contributed by atoms with van der Waals surface area (Å²) in [6.07, 6.45) is 0. The van der Waals surface area contributed by atoms with Gasteiger partial charge >= 0.3 is 0 Å². The molecule has 0 aliphatic carbocycles. The molecule has 8 bridgehead atoms. The molecular weight excluding hydrogens is 400 g/mol. The van der Waals surface area contributed by atoms with E-state index in [0.29, 0.717) is 0 Å². The fourth-order valence-corrected chi connectivity index (χ4v) is 4.90. The van der Waals surface area contributed by atoms with Gasteiger partial charge in [0.2, 0.25) is 0 Å². The second-order valence-electron chi connectivity index (χ2n) is 8.55. The number of aromatic nitrogens is 2. The largest absolute Gasteiger partial charge is 0.292 e. The number of hydrogen-bond acceptors (Lipinski definition) is 1. The predicted molar refractivity (Wildman–Crippen MR) is 140 cm³/mol. The Morgan fingerprint density at radius 3 is 1.55 bits per heavy atom. The lowest BCUT2D eigenvalue weighted by atomic mass is 10.1. The first kappa shape index (κ1) is 18.2. The van der Waals surface area contributed by atoms with Crippen molar-refractivity contribution in [3.8, 4) is 0 Å². The van der Waals surface area contributed by atoms with Crippen LogP contribution in [-0.2, 0) is 0 Å². The average molecular weight is 421 g/mol. The Balaban J connectivity index is 1.84. The minimum Gasteiger partial charge on any atom is -0.292 e. The van der Waals surface area contributed by atoms with Gasteiger partial charge in [0.25, 0.3) is 0 Å². The lowest BCUT2D eigenvalue weighted by Crippen LogP contribution is -1.85. The van der Waals surface area contributed by atoms with Crippen molar-refractivity contribution in [2.75, 3.05) is 0 Å². The summed E-state index contributed by atoms with van der Waals surface area (Å²) in [5, 5.41) is 8.35. The summed E-state index contributed by atoms with van der Waals surface area (Å²) >= 11 is 0. The van der Waals surface area contributed by atoms with Gasteiger partial charge < -0.3 is 0 Å². The summed E-state index contributed by atoms with van der Waals surface area (Å²) in [5.74, 6) is 0. The molecule has 0 atom stereocenters. The van der Waals surface area contributed by atoms with Crippen LogP contribution in [-0.4, -0.2) is 9.38 Å². The first-order chi connectivity index (χ1) is 16.3. The monoisotopic (exact) mass is 420 g/mol. The van der Waals surface area contributed by atoms with E-state index < -0.39 is 0 Å². The molecule has 2 heterocycles. The van der Waals surface area contributed by atoms with E-state index in [0.717, 1.165) is 27.6 Å². The number of fused-ring (bicyclic) bond motifs is 16. The smallest absolute Gasteiger partial charge is 0.145 e. The molecule has 5 aromatic carbocycles. The third kappa shape index (κ3) is 2.92. The molecule has 0 radical (unpaired) electrons. The molecule has 0 aliphatic heterocycles. The molecule has 2 aromatic heterocycles. The quantitative estimate of drug-likeness (QED) is 0.241. The molecule has 0 aliphatic rings. The van der Waals surface area contributed by atoms with Crippen LogP contribution in [0.5, 0.6) is 0 Å². The van der Waals surface area contributed by atoms with E-state index in [1.807, 2.05) is 0 Å². The van der Waals surface area contributed by atoms with Crippen molar-refractivity contribution in [2.45, 2.75) is 0 Å². The highest BCUT2D eigenvalue weighted by atomic mass is 15.0. The summed E-state index contributed by atoms with van der Waals surface area (Å²) in [5.41, 5.74) is 4.18. The van der Waals surface area contributed by atoms with Crippen LogP contribution >= 0.6 is 0 Å². The van der Waals surface area contributed by atoms with E-state index in [2.05, 4.69) is 126 Å². The lowest BCUT2D eigenvalue weighted by molar-refractivity contribution is 1.31. The van der Waals surface area contributed by atoms with Gasteiger partial charge in [0.1, 0.15) is 5.65 Å². The van der Waals surface area contributed by atoms with Crippen LogP contribution in [0.15, 0.2) is 121 Å². The lowest BCUT2D eigenvalue weighted by Gasteiger charge is -2.03. The Morgan fingerprint density at radius 1 is 0.424 bits per heavy atom. The Kier molecular flexibility index (Phi) is 3.88. The van der Waals surface area contributed by atoms with Gasteiger partial charge in [-0.05, 0) is 74.8 Å². The molecule has 2 heteroatoms. The molecule has 154 valence electrons. The normalized spacial score (nSPS) is 11.6. The highest BCUT2D eigenvalue weighted by Crippen LogP contribution is 2.26. The first-order valence-electron chi connectivity index (χ1n) is 11.2. The van der Waals surface area contributed by atoms with E-state index >= 15 is 0 Å². The SMILES string of the molecule is c1cc2cc(c1)c1cccc(c1)c1nc3ccccc3n1c1cccc(c1)c1cccc2c1. The molecule has 0 fully saturated rings. The molecule has 0 saturated carbocycles. The maximum absolute atomic E-state index is 5.07. The fraction of sp³-hybridized carbons (Fsp3) is 0. The molecule has 33 heavy (non-hydrogen) atoms. The average Bonchev–Trinajstić information content (AvgIpc) is 3.28. The molecule has 0 unspecified atom stereocenters. The van der Waals surface area contributed by atoms with Gasteiger partial charge in [0, 0.05) is 10.9 Å². The molecule has 2 nitrogen and oxygen atoms in total. The topological polar surface area (TPSA) is 17.3 Å². The van der Waals surface area contributed by atoms with Crippen LogP contribution in [0.1, 0.15) is 0 Å². The van der Waals surface area contributed by atoms with Crippen LogP contribution in [0.3, 0.4) is 0 Å². The molecule has 7 rings (SSSR count). The van der Waals surface area contributed by atoms with Crippen molar-refractivity contribution in [1.82, 2.24) is 9.38 Å². The molecule has 7 aromatic rings. The van der Waals surface area contributed by atoms with Crippen LogP contribution in [0.2, 0.25) is 0 Å². The molecule has 0 amide bonds. The zero-order valence-electron chi connectivity index (χ0n) is 17.9. The van der Waals surface area contributed by atoms with Gasteiger partial charge in [-0.2, -0.15) is 0 Å². The number of imidazole rings is 1. The van der Waals surface area contributed by atoms with Crippen LogP contribution in [0, 0.1) is 0 Å². The van der Waals surface area contributed by atoms with E-state index in [1.54, 1.807) is 0 Å². The number of para-hydroxylation sites is 2. The molecule has 0 N–H and O–H groups in total.